The number of nitrogens with zero attached hydrogens (tertiary/aromatic N) is 1. The Morgan fingerprint density at radius 3 is 1.31 bits per heavy atom. The quantitative estimate of drug-likeness (QED) is 0.110. The number of benzene rings is 6. The summed E-state index contributed by atoms with van der Waals surface area (Å²) in [5, 5.41) is 3.74. The van der Waals surface area contributed by atoms with Crippen LogP contribution in [-0.2, 0) is 25.4 Å². The fourth-order valence-electron chi connectivity index (χ4n) is 8.06. The molecule has 7 rings (SSSR count). The van der Waals surface area contributed by atoms with Gasteiger partial charge in [0.2, 0.25) is 0 Å². The van der Waals surface area contributed by atoms with Crippen LogP contribution in [0.3, 0.4) is 0 Å². The van der Waals surface area contributed by atoms with Gasteiger partial charge in [-0.05, 0) is 93.0 Å². The molecule has 1 aliphatic heterocycles. The zero-order valence-electron chi connectivity index (χ0n) is 28.8. The summed E-state index contributed by atoms with van der Waals surface area (Å²) in [5.74, 6) is 0. The van der Waals surface area contributed by atoms with Gasteiger partial charge in [0.25, 0.3) is 0 Å². The predicted molar refractivity (Wildman–Crippen MR) is 195 cm³/mol. The first-order valence-electron chi connectivity index (χ1n) is 17.7. The highest BCUT2D eigenvalue weighted by Crippen LogP contribution is 2.50. The second-order valence-electron chi connectivity index (χ2n) is 14.0. The molecule has 0 aromatic heterocycles. The number of alkyl halides is 6. The molecule has 0 N–H and O–H groups in total. The van der Waals surface area contributed by atoms with Crippen molar-refractivity contribution in [2.24, 2.45) is 0 Å². The highest BCUT2D eigenvalue weighted by molar-refractivity contribution is 6.12. The van der Waals surface area contributed by atoms with Crippen LogP contribution in [0.1, 0.15) is 61.8 Å². The van der Waals surface area contributed by atoms with Crippen molar-refractivity contribution in [1.29, 1.82) is 0 Å². The van der Waals surface area contributed by atoms with Crippen molar-refractivity contribution in [3.05, 3.63) is 131 Å². The van der Waals surface area contributed by atoms with Gasteiger partial charge in [0.1, 0.15) is 13.1 Å². The smallest absolute Gasteiger partial charge is 0.316 e. The van der Waals surface area contributed by atoms with E-state index in [1.165, 1.54) is 24.3 Å². The molecule has 6 aromatic carbocycles. The molecular formula is C44H40F6N+. The zero-order chi connectivity index (χ0) is 36.0. The largest absolute Gasteiger partial charge is 0.416 e. The highest BCUT2D eigenvalue weighted by Gasteiger charge is 2.38. The summed E-state index contributed by atoms with van der Waals surface area (Å²) >= 11 is 0. The molecule has 0 atom stereocenters. The maximum absolute atomic E-state index is 14.1. The minimum Gasteiger partial charge on any atom is -0.316 e. The van der Waals surface area contributed by atoms with E-state index in [9.17, 15) is 26.3 Å². The van der Waals surface area contributed by atoms with Crippen molar-refractivity contribution >= 4 is 21.5 Å². The molecule has 0 saturated carbocycles. The van der Waals surface area contributed by atoms with E-state index < -0.39 is 23.5 Å². The van der Waals surface area contributed by atoms with E-state index >= 15 is 0 Å². The number of unbranched alkanes of at least 4 members (excludes halogenated alkanes) is 2. The standard InChI is InChI=1S/C44H40F6N/c1-3-5-21-51(22-6-4-2)27-39-37(29-15-11-17-33(23-29)43(45,46)47)25-31-13-7-9-19-35(31)41(39)42-36-20-10-8-14-32(36)26-38(40(42)28-51)30-16-12-18-34(24-30)44(48,49)50/h7-20,23-26H,3-6,21-22,27-28H2,1-2H3/q+1. The van der Waals surface area contributed by atoms with Crippen molar-refractivity contribution in [1.82, 2.24) is 0 Å². The number of quaternary nitrogens is 1. The van der Waals surface area contributed by atoms with E-state index in [2.05, 4.69) is 26.0 Å². The van der Waals surface area contributed by atoms with Crippen molar-refractivity contribution in [2.75, 3.05) is 13.1 Å². The van der Waals surface area contributed by atoms with Crippen LogP contribution in [0, 0.1) is 0 Å². The summed E-state index contributed by atoms with van der Waals surface area (Å²) in [6.45, 7) is 7.13. The molecule has 0 bridgehead atoms. The van der Waals surface area contributed by atoms with Gasteiger partial charge in [0.15, 0.2) is 0 Å². The van der Waals surface area contributed by atoms with Gasteiger partial charge in [-0.25, -0.2) is 0 Å². The summed E-state index contributed by atoms with van der Waals surface area (Å²) < 4.78 is 85.5. The monoisotopic (exact) mass is 696 g/mol. The second kappa shape index (κ2) is 13.5. The van der Waals surface area contributed by atoms with E-state index in [-0.39, 0.29) is 0 Å². The average Bonchev–Trinajstić information content (AvgIpc) is 3.27. The van der Waals surface area contributed by atoms with Crippen molar-refractivity contribution in [3.8, 4) is 33.4 Å². The summed E-state index contributed by atoms with van der Waals surface area (Å²) in [6.07, 6.45) is -5.21. The van der Waals surface area contributed by atoms with Gasteiger partial charge in [-0.2, -0.15) is 26.3 Å². The Kier molecular flexibility index (Phi) is 9.21. The molecule has 0 radical (unpaired) electrons. The second-order valence-corrected chi connectivity index (χ2v) is 14.0. The molecule has 7 heteroatoms. The van der Waals surface area contributed by atoms with Crippen LogP contribution in [0.2, 0.25) is 0 Å². The fourth-order valence-corrected chi connectivity index (χ4v) is 8.06. The fraction of sp³-hybridized carbons (Fsp3) is 0.273. The average molecular weight is 697 g/mol. The van der Waals surface area contributed by atoms with Crippen LogP contribution < -0.4 is 0 Å². The molecule has 262 valence electrons. The van der Waals surface area contributed by atoms with E-state index in [1.54, 1.807) is 12.1 Å². The molecule has 1 heterocycles. The summed E-state index contributed by atoms with van der Waals surface area (Å²) in [5.41, 5.74) is 4.96. The number of fused-ring (bicyclic) bond motifs is 7. The Hall–Kier alpha value is -4.62. The number of hydrogen-bond acceptors (Lipinski definition) is 0. The van der Waals surface area contributed by atoms with Crippen LogP contribution in [0.25, 0.3) is 54.9 Å². The molecular weight excluding hydrogens is 656 g/mol. The Labute approximate surface area is 294 Å². The Morgan fingerprint density at radius 2 is 0.922 bits per heavy atom. The van der Waals surface area contributed by atoms with Gasteiger partial charge < -0.3 is 4.48 Å². The molecule has 1 aliphatic rings. The van der Waals surface area contributed by atoms with Crippen molar-refractivity contribution in [3.63, 3.8) is 0 Å². The maximum Gasteiger partial charge on any atom is 0.416 e. The Balaban J connectivity index is 1.66. The molecule has 51 heavy (non-hydrogen) atoms. The lowest BCUT2D eigenvalue weighted by molar-refractivity contribution is -0.953. The van der Waals surface area contributed by atoms with E-state index in [0.29, 0.717) is 28.7 Å². The van der Waals surface area contributed by atoms with E-state index in [4.69, 9.17) is 0 Å². The van der Waals surface area contributed by atoms with Crippen LogP contribution >= 0.6 is 0 Å². The minimum absolute atomic E-state index is 0.498. The number of hydrogen-bond donors (Lipinski definition) is 0. The lowest BCUT2D eigenvalue weighted by Gasteiger charge is -2.39. The zero-order valence-corrected chi connectivity index (χ0v) is 28.8. The van der Waals surface area contributed by atoms with Gasteiger partial charge in [-0.1, -0.05) is 99.5 Å². The molecule has 0 spiro atoms. The number of rotatable bonds is 8. The lowest BCUT2D eigenvalue weighted by atomic mass is 9.82. The summed E-state index contributed by atoms with van der Waals surface area (Å²) in [7, 11) is 0. The van der Waals surface area contributed by atoms with Gasteiger partial charge >= 0.3 is 12.4 Å². The first kappa shape index (κ1) is 34.8. The predicted octanol–water partition coefficient (Wildman–Crippen LogP) is 13.5. The molecule has 0 amide bonds. The first-order valence-corrected chi connectivity index (χ1v) is 17.7. The van der Waals surface area contributed by atoms with Crippen LogP contribution in [-0.4, -0.2) is 17.6 Å². The van der Waals surface area contributed by atoms with Crippen LogP contribution in [0.4, 0.5) is 26.3 Å². The third-order valence-corrected chi connectivity index (χ3v) is 10.5. The molecule has 0 unspecified atom stereocenters. The van der Waals surface area contributed by atoms with E-state index in [0.717, 1.165) is 106 Å². The first-order chi connectivity index (χ1) is 24.4. The van der Waals surface area contributed by atoms with Crippen molar-refractivity contribution < 1.29 is 30.8 Å². The molecule has 0 aliphatic carbocycles. The van der Waals surface area contributed by atoms with Gasteiger partial charge in [0, 0.05) is 22.3 Å². The summed E-state index contributed by atoms with van der Waals surface area (Å²) in [6, 6.07) is 31.2. The van der Waals surface area contributed by atoms with Crippen LogP contribution in [0.15, 0.2) is 109 Å². The van der Waals surface area contributed by atoms with Gasteiger partial charge in [0.05, 0.1) is 24.2 Å². The lowest BCUT2D eigenvalue weighted by Crippen LogP contribution is -2.47. The molecule has 0 fully saturated rings. The topological polar surface area (TPSA) is 0 Å². The SMILES string of the molecule is CCCC[N+]1(CCCC)Cc2c(-c3cccc(C(F)(F)F)c3)cc3ccccc3c2-c2c(c(-c3cccc(C(F)(F)F)c3)cc3ccccc23)C1. The third-order valence-electron chi connectivity index (χ3n) is 10.5. The summed E-state index contributed by atoms with van der Waals surface area (Å²) in [4.78, 5) is 0. The van der Waals surface area contributed by atoms with Gasteiger partial charge in [-0.15, -0.1) is 0 Å². The number of halogens is 6. The van der Waals surface area contributed by atoms with E-state index in [1.807, 2.05) is 48.5 Å². The normalized spacial score (nSPS) is 14.4. The Bertz CT molecular complexity index is 2070. The highest BCUT2D eigenvalue weighted by atomic mass is 19.4. The maximum atomic E-state index is 14.1. The molecule has 0 saturated heterocycles. The molecule has 6 aromatic rings. The van der Waals surface area contributed by atoms with Gasteiger partial charge in [-0.3, -0.25) is 0 Å². The minimum atomic E-state index is -4.51. The Morgan fingerprint density at radius 1 is 0.510 bits per heavy atom. The molecule has 1 nitrogen and oxygen atoms in total. The van der Waals surface area contributed by atoms with Crippen LogP contribution in [0.5, 0.6) is 0 Å². The van der Waals surface area contributed by atoms with Crippen molar-refractivity contribution in [2.45, 2.75) is 65.0 Å². The third kappa shape index (κ3) is 6.64.